The van der Waals surface area contributed by atoms with E-state index in [1.165, 1.54) is 0 Å². The van der Waals surface area contributed by atoms with E-state index in [1.54, 1.807) is 0 Å². The van der Waals surface area contributed by atoms with Gasteiger partial charge in [0.1, 0.15) is 0 Å². The van der Waals surface area contributed by atoms with E-state index in [-0.39, 0.29) is 10.1 Å². The third-order valence-electron chi connectivity index (χ3n) is 3.99. The molecule has 0 saturated carbocycles. The summed E-state index contributed by atoms with van der Waals surface area (Å²) < 4.78 is 34.2. The molecule has 0 rings (SSSR count). The maximum absolute atomic E-state index is 7.25. The molecule has 0 aromatic rings. The Morgan fingerprint density at radius 2 is 0.581 bits per heavy atom. The molecule has 0 aliphatic rings. The van der Waals surface area contributed by atoms with Crippen molar-refractivity contribution in [3.8, 4) is 0 Å². The molecule has 0 spiro atoms. The molecule has 0 heterocycles. The predicted molar refractivity (Wildman–Crippen MR) is 135 cm³/mol. The highest BCUT2D eigenvalue weighted by molar-refractivity contribution is 6.80. The van der Waals surface area contributed by atoms with Gasteiger partial charge in [-0.3, -0.25) is 0 Å². The highest BCUT2D eigenvalue weighted by atomic mass is 28.5. The van der Waals surface area contributed by atoms with Gasteiger partial charge in [0.25, 0.3) is 0 Å². The molecule has 0 aliphatic heterocycles. The minimum atomic E-state index is -3.72. The second-order valence-electron chi connectivity index (χ2n) is 14.6. The third-order valence-corrected chi connectivity index (χ3v) is 13.6. The fourth-order valence-electron chi connectivity index (χ4n) is 3.62. The van der Waals surface area contributed by atoms with E-state index in [2.05, 4.69) is 62.3 Å². The summed E-state index contributed by atoms with van der Waals surface area (Å²) >= 11 is 0. The second-order valence-corrected chi connectivity index (χ2v) is 21.4. The Morgan fingerprint density at radius 1 is 0.355 bits per heavy atom. The van der Waals surface area contributed by atoms with Crippen LogP contribution < -0.4 is 0 Å². The van der Waals surface area contributed by atoms with E-state index in [0.29, 0.717) is 0 Å². The molecule has 0 aromatic heterocycles. The highest BCUT2D eigenvalue weighted by Gasteiger charge is 2.68. The molecule has 0 fully saturated rings. The Balaban J connectivity index is 7.13. The SMILES string of the molecule is CC(C)(C)O[Si](OC(C)(C)C)(OC(C)(C)C)O[Si](OC(C)(C)C)(C(C)(C)C)C(C)(C)C. The van der Waals surface area contributed by atoms with Crippen LogP contribution in [0.4, 0.5) is 0 Å². The molecule has 0 amide bonds. The number of rotatable bonds is 6. The first-order valence-corrected chi connectivity index (χ1v) is 15.0. The van der Waals surface area contributed by atoms with Crippen LogP contribution in [0.3, 0.4) is 0 Å². The summed E-state index contributed by atoms with van der Waals surface area (Å²) in [6, 6.07) is 0. The van der Waals surface area contributed by atoms with E-state index in [4.69, 9.17) is 21.8 Å². The second kappa shape index (κ2) is 9.12. The topological polar surface area (TPSA) is 46.2 Å². The van der Waals surface area contributed by atoms with Crippen LogP contribution >= 0.6 is 0 Å². The van der Waals surface area contributed by atoms with Crippen molar-refractivity contribution in [3.05, 3.63) is 0 Å². The van der Waals surface area contributed by atoms with Crippen LogP contribution in [0.15, 0.2) is 0 Å². The van der Waals surface area contributed by atoms with Crippen LogP contribution in [0.1, 0.15) is 125 Å². The van der Waals surface area contributed by atoms with Crippen LogP contribution in [0.5, 0.6) is 0 Å². The van der Waals surface area contributed by atoms with Crippen LogP contribution in [0.2, 0.25) is 10.1 Å². The monoisotopic (exact) mass is 478 g/mol. The zero-order chi connectivity index (χ0) is 25.5. The Hall–Kier alpha value is 0.234. The van der Waals surface area contributed by atoms with Gasteiger partial charge in [0.05, 0.1) is 22.4 Å². The molecule has 0 atom stereocenters. The Morgan fingerprint density at radius 3 is 0.742 bits per heavy atom. The molecular formula is C24H54O5Si2. The van der Waals surface area contributed by atoms with Crippen molar-refractivity contribution in [2.24, 2.45) is 0 Å². The van der Waals surface area contributed by atoms with Crippen molar-refractivity contribution in [2.75, 3.05) is 0 Å². The van der Waals surface area contributed by atoms with E-state index in [1.807, 2.05) is 62.3 Å². The van der Waals surface area contributed by atoms with Gasteiger partial charge in [-0.05, 0) is 83.1 Å². The number of hydrogen-bond acceptors (Lipinski definition) is 5. The molecular weight excluding hydrogens is 424 g/mol. The van der Waals surface area contributed by atoms with Gasteiger partial charge in [0.2, 0.25) is 0 Å². The van der Waals surface area contributed by atoms with E-state index >= 15 is 0 Å². The van der Waals surface area contributed by atoms with Gasteiger partial charge in [0, 0.05) is 10.1 Å². The van der Waals surface area contributed by atoms with Crippen LogP contribution in [0, 0.1) is 0 Å². The fourth-order valence-corrected chi connectivity index (χ4v) is 14.2. The molecule has 7 heteroatoms. The zero-order valence-corrected chi connectivity index (χ0v) is 26.0. The lowest BCUT2D eigenvalue weighted by atomic mass is 10.2. The van der Waals surface area contributed by atoms with Gasteiger partial charge in [-0.15, -0.1) is 0 Å². The normalized spacial score (nSPS) is 16.1. The summed E-state index contributed by atoms with van der Waals surface area (Å²) in [4.78, 5) is 0. The lowest BCUT2D eigenvalue weighted by Crippen LogP contribution is -2.70. The lowest BCUT2D eigenvalue weighted by Gasteiger charge is -2.55. The third kappa shape index (κ3) is 10.4. The van der Waals surface area contributed by atoms with E-state index in [9.17, 15) is 0 Å². The van der Waals surface area contributed by atoms with Gasteiger partial charge < -0.3 is 21.8 Å². The zero-order valence-electron chi connectivity index (χ0n) is 24.0. The van der Waals surface area contributed by atoms with Crippen molar-refractivity contribution in [3.63, 3.8) is 0 Å². The maximum Gasteiger partial charge on any atom is 0.671 e. The summed E-state index contributed by atoms with van der Waals surface area (Å²) in [5.41, 5.74) is -1.99. The van der Waals surface area contributed by atoms with Crippen molar-refractivity contribution in [1.82, 2.24) is 0 Å². The van der Waals surface area contributed by atoms with Gasteiger partial charge in [0.15, 0.2) is 0 Å². The van der Waals surface area contributed by atoms with E-state index < -0.39 is 40.0 Å². The summed E-state index contributed by atoms with van der Waals surface area (Å²) in [5.74, 6) is 0. The Bertz CT molecular complexity index is 521. The highest BCUT2D eigenvalue weighted by Crippen LogP contribution is 2.55. The van der Waals surface area contributed by atoms with Crippen molar-refractivity contribution in [1.29, 1.82) is 0 Å². The minimum Gasteiger partial charge on any atom is -0.389 e. The van der Waals surface area contributed by atoms with Crippen molar-refractivity contribution in [2.45, 2.75) is 157 Å². The van der Waals surface area contributed by atoms with Crippen molar-refractivity contribution < 1.29 is 21.8 Å². The number of hydrogen-bond donors (Lipinski definition) is 0. The Kier molecular flexibility index (Phi) is 9.19. The van der Waals surface area contributed by atoms with Crippen LogP contribution in [0.25, 0.3) is 0 Å². The van der Waals surface area contributed by atoms with Crippen LogP contribution in [-0.2, 0) is 21.8 Å². The molecule has 0 unspecified atom stereocenters. The first kappa shape index (κ1) is 31.2. The summed E-state index contributed by atoms with van der Waals surface area (Å²) in [7, 11) is -6.80. The first-order chi connectivity index (χ1) is 13.0. The molecule has 5 nitrogen and oxygen atoms in total. The van der Waals surface area contributed by atoms with Crippen LogP contribution in [-0.4, -0.2) is 40.0 Å². The first-order valence-electron chi connectivity index (χ1n) is 11.5. The summed E-state index contributed by atoms with van der Waals surface area (Å²) in [6.07, 6.45) is 0. The Labute approximate surface area is 196 Å². The lowest BCUT2D eigenvalue weighted by molar-refractivity contribution is -0.124. The predicted octanol–water partition coefficient (Wildman–Crippen LogP) is 7.74. The smallest absolute Gasteiger partial charge is 0.389 e. The standard InChI is InChI=1S/C24H54O5Si2/c1-19(2,3)25-30(23(13,14)15,24(16,17)18)29-31(26-20(4,5)6,27-21(7,8)9)28-22(10,11)12/h1-18H3. The van der Waals surface area contributed by atoms with E-state index in [0.717, 1.165) is 0 Å². The molecule has 31 heavy (non-hydrogen) atoms. The van der Waals surface area contributed by atoms with Gasteiger partial charge in [-0.1, -0.05) is 41.5 Å². The van der Waals surface area contributed by atoms with Crippen molar-refractivity contribution >= 4 is 17.6 Å². The molecule has 0 aromatic carbocycles. The average Bonchev–Trinajstić information content (AvgIpc) is 2.24. The molecule has 188 valence electrons. The summed E-state index contributed by atoms with van der Waals surface area (Å²) in [5, 5.41) is -0.555. The van der Waals surface area contributed by atoms with Gasteiger partial charge in [-0.25, -0.2) is 0 Å². The molecule has 0 bridgehead atoms. The molecule has 0 N–H and O–H groups in total. The average molecular weight is 479 g/mol. The van der Waals surface area contributed by atoms with Gasteiger partial charge >= 0.3 is 17.6 Å². The minimum absolute atomic E-state index is 0.277. The van der Waals surface area contributed by atoms with Gasteiger partial charge in [-0.2, -0.15) is 0 Å². The molecule has 0 saturated heterocycles. The molecule has 0 radical (unpaired) electrons. The summed E-state index contributed by atoms with van der Waals surface area (Å²) in [6.45, 7) is 37.5. The quantitative estimate of drug-likeness (QED) is 0.365. The fraction of sp³-hybridized carbons (Fsp3) is 1.00. The molecule has 0 aliphatic carbocycles. The largest absolute Gasteiger partial charge is 0.671 e. The maximum atomic E-state index is 7.25.